The minimum absolute atomic E-state index is 0.0912. The average molecular weight is 330 g/mol. The molecule has 5 nitrogen and oxygen atoms in total. The molecule has 1 aliphatic carbocycles. The number of carbonyl (C=O) groups is 1. The van der Waals surface area contributed by atoms with Gasteiger partial charge in [-0.05, 0) is 56.8 Å². The molecular weight excluding hydrogens is 304 g/mol. The van der Waals surface area contributed by atoms with E-state index >= 15 is 0 Å². The van der Waals surface area contributed by atoms with E-state index in [0.717, 1.165) is 50.4 Å². The van der Waals surface area contributed by atoms with Crippen LogP contribution >= 0.6 is 0 Å². The number of hydrogen-bond acceptors (Lipinski definition) is 4. The van der Waals surface area contributed by atoms with Gasteiger partial charge in [0.1, 0.15) is 6.61 Å². The van der Waals surface area contributed by atoms with Crippen molar-refractivity contribution in [1.29, 1.82) is 0 Å². The maximum atomic E-state index is 12.9. The Kier molecular flexibility index (Phi) is 4.12. The molecular formula is C19H26N2O3. The third-order valence-corrected chi connectivity index (χ3v) is 5.77. The van der Waals surface area contributed by atoms with Crippen molar-refractivity contribution in [2.75, 3.05) is 32.8 Å². The van der Waals surface area contributed by atoms with E-state index in [4.69, 9.17) is 9.47 Å². The van der Waals surface area contributed by atoms with Crippen molar-refractivity contribution in [1.82, 2.24) is 10.2 Å². The lowest BCUT2D eigenvalue weighted by atomic mass is 9.91. The van der Waals surface area contributed by atoms with E-state index < -0.39 is 0 Å². The SMILES string of the molecule is CCN(CC1COc2ccccc2O1)C(=O)C1CC12CCNCC2. The smallest absolute Gasteiger partial charge is 0.226 e. The van der Waals surface area contributed by atoms with Crippen LogP contribution in [0.1, 0.15) is 26.2 Å². The van der Waals surface area contributed by atoms with Gasteiger partial charge in [-0.15, -0.1) is 0 Å². The number of ether oxygens (including phenoxy) is 2. The summed E-state index contributed by atoms with van der Waals surface area (Å²) in [6.07, 6.45) is 3.25. The van der Waals surface area contributed by atoms with Gasteiger partial charge in [0.15, 0.2) is 17.6 Å². The second kappa shape index (κ2) is 6.28. The molecule has 1 aromatic rings. The summed E-state index contributed by atoms with van der Waals surface area (Å²) in [5.41, 5.74) is 0.284. The Hall–Kier alpha value is -1.75. The van der Waals surface area contributed by atoms with Crippen molar-refractivity contribution in [3.8, 4) is 11.5 Å². The number of para-hydroxylation sites is 2. The summed E-state index contributed by atoms with van der Waals surface area (Å²) in [6, 6.07) is 7.72. The van der Waals surface area contributed by atoms with Crippen LogP contribution in [0.3, 0.4) is 0 Å². The first-order chi connectivity index (χ1) is 11.7. The summed E-state index contributed by atoms with van der Waals surface area (Å²) in [6.45, 7) is 5.98. The first-order valence-corrected chi connectivity index (χ1v) is 9.10. The lowest BCUT2D eigenvalue weighted by Crippen LogP contribution is -2.45. The Morgan fingerprint density at radius 2 is 2.04 bits per heavy atom. The standard InChI is InChI=1S/C19H26N2O3/c1-2-21(18(22)15-11-19(15)7-9-20-10-8-19)12-14-13-23-16-5-3-4-6-17(16)24-14/h3-6,14-15,20H,2,7-13H2,1H3. The van der Waals surface area contributed by atoms with Crippen LogP contribution in [0.15, 0.2) is 24.3 Å². The van der Waals surface area contributed by atoms with Gasteiger partial charge in [0, 0.05) is 12.5 Å². The van der Waals surface area contributed by atoms with Crippen LogP contribution in [0, 0.1) is 11.3 Å². The molecule has 0 bridgehead atoms. The van der Waals surface area contributed by atoms with Crippen LogP contribution in [0.2, 0.25) is 0 Å². The maximum absolute atomic E-state index is 12.9. The molecule has 130 valence electrons. The van der Waals surface area contributed by atoms with Gasteiger partial charge in [0.05, 0.1) is 6.54 Å². The van der Waals surface area contributed by atoms with Crippen molar-refractivity contribution in [2.24, 2.45) is 11.3 Å². The largest absolute Gasteiger partial charge is 0.486 e. The molecule has 3 aliphatic rings. The molecule has 2 heterocycles. The Balaban J connectivity index is 1.37. The number of carbonyl (C=O) groups excluding carboxylic acids is 1. The molecule has 1 N–H and O–H groups in total. The number of likely N-dealkylation sites (N-methyl/N-ethyl adjacent to an activating group) is 1. The number of amides is 1. The number of piperidine rings is 1. The van der Waals surface area contributed by atoms with E-state index in [1.807, 2.05) is 36.1 Å². The quantitative estimate of drug-likeness (QED) is 0.918. The zero-order valence-corrected chi connectivity index (χ0v) is 14.3. The van der Waals surface area contributed by atoms with Crippen LogP contribution in [0.25, 0.3) is 0 Å². The molecule has 0 radical (unpaired) electrons. The van der Waals surface area contributed by atoms with Crippen LogP contribution in [-0.2, 0) is 4.79 Å². The fourth-order valence-electron chi connectivity index (χ4n) is 4.17. The highest BCUT2D eigenvalue weighted by Crippen LogP contribution is 2.59. The summed E-state index contributed by atoms with van der Waals surface area (Å²) < 4.78 is 11.8. The molecule has 1 aromatic carbocycles. The van der Waals surface area contributed by atoms with Gasteiger partial charge >= 0.3 is 0 Å². The highest BCUT2D eigenvalue weighted by atomic mass is 16.6. The fraction of sp³-hybridized carbons (Fsp3) is 0.632. The normalized spacial score (nSPS) is 26.9. The molecule has 1 saturated carbocycles. The Labute approximate surface area is 143 Å². The molecule has 24 heavy (non-hydrogen) atoms. The lowest BCUT2D eigenvalue weighted by Gasteiger charge is -2.32. The van der Waals surface area contributed by atoms with E-state index in [9.17, 15) is 4.79 Å². The van der Waals surface area contributed by atoms with Gasteiger partial charge in [-0.25, -0.2) is 0 Å². The summed E-state index contributed by atoms with van der Waals surface area (Å²) in [4.78, 5) is 14.9. The number of nitrogens with zero attached hydrogens (tertiary/aromatic N) is 1. The number of hydrogen-bond donors (Lipinski definition) is 1. The van der Waals surface area contributed by atoms with Gasteiger partial charge in [0.2, 0.25) is 5.91 Å². The third kappa shape index (κ3) is 2.86. The second-order valence-electron chi connectivity index (χ2n) is 7.24. The van der Waals surface area contributed by atoms with Crippen LogP contribution in [-0.4, -0.2) is 49.7 Å². The zero-order chi connectivity index (χ0) is 16.6. The van der Waals surface area contributed by atoms with E-state index in [1.54, 1.807) is 0 Å². The third-order valence-electron chi connectivity index (χ3n) is 5.77. The molecule has 1 saturated heterocycles. The predicted octanol–water partition coefficient (Wildman–Crippen LogP) is 2.06. The number of benzene rings is 1. The first-order valence-electron chi connectivity index (χ1n) is 9.10. The monoisotopic (exact) mass is 330 g/mol. The van der Waals surface area contributed by atoms with E-state index in [2.05, 4.69) is 5.32 Å². The van der Waals surface area contributed by atoms with Crippen molar-refractivity contribution in [2.45, 2.75) is 32.3 Å². The second-order valence-corrected chi connectivity index (χ2v) is 7.24. The minimum atomic E-state index is -0.0912. The first kappa shape index (κ1) is 15.8. The number of nitrogens with one attached hydrogen (secondary N) is 1. The summed E-state index contributed by atoms with van der Waals surface area (Å²) >= 11 is 0. The van der Waals surface area contributed by atoms with Crippen LogP contribution in [0.5, 0.6) is 11.5 Å². The molecule has 1 spiro atoms. The topological polar surface area (TPSA) is 50.8 Å². The summed E-state index contributed by atoms with van der Waals surface area (Å²) in [5, 5.41) is 3.40. The Bertz CT molecular complexity index is 612. The maximum Gasteiger partial charge on any atom is 0.226 e. The van der Waals surface area contributed by atoms with Crippen molar-refractivity contribution in [3.63, 3.8) is 0 Å². The predicted molar refractivity (Wildman–Crippen MR) is 91.3 cm³/mol. The lowest BCUT2D eigenvalue weighted by molar-refractivity contribution is -0.135. The van der Waals surface area contributed by atoms with Gasteiger partial charge in [-0.1, -0.05) is 12.1 Å². The number of fused-ring (bicyclic) bond motifs is 1. The van der Waals surface area contributed by atoms with Crippen LogP contribution in [0.4, 0.5) is 0 Å². The van der Waals surface area contributed by atoms with Gasteiger partial charge in [-0.2, -0.15) is 0 Å². The molecule has 5 heteroatoms. The van der Waals surface area contributed by atoms with E-state index in [-0.39, 0.29) is 17.4 Å². The molecule has 4 rings (SSSR count). The number of rotatable bonds is 4. The molecule has 2 fully saturated rings. The fourth-order valence-corrected chi connectivity index (χ4v) is 4.17. The van der Waals surface area contributed by atoms with E-state index in [0.29, 0.717) is 19.1 Å². The highest BCUT2D eigenvalue weighted by molar-refractivity contribution is 5.82. The summed E-state index contributed by atoms with van der Waals surface area (Å²) in [5.74, 6) is 2.09. The minimum Gasteiger partial charge on any atom is -0.486 e. The van der Waals surface area contributed by atoms with Crippen molar-refractivity contribution in [3.05, 3.63) is 24.3 Å². The molecule has 2 unspecified atom stereocenters. The van der Waals surface area contributed by atoms with Gasteiger partial charge < -0.3 is 19.7 Å². The van der Waals surface area contributed by atoms with Crippen molar-refractivity contribution < 1.29 is 14.3 Å². The summed E-state index contributed by atoms with van der Waals surface area (Å²) in [7, 11) is 0. The van der Waals surface area contributed by atoms with Crippen LogP contribution < -0.4 is 14.8 Å². The van der Waals surface area contributed by atoms with E-state index in [1.165, 1.54) is 0 Å². The molecule has 1 amide bonds. The Morgan fingerprint density at radius 3 is 2.79 bits per heavy atom. The van der Waals surface area contributed by atoms with Gasteiger partial charge in [-0.3, -0.25) is 4.79 Å². The average Bonchev–Trinajstić information content (AvgIpc) is 3.32. The Morgan fingerprint density at radius 1 is 1.29 bits per heavy atom. The molecule has 0 aromatic heterocycles. The van der Waals surface area contributed by atoms with Gasteiger partial charge in [0.25, 0.3) is 0 Å². The van der Waals surface area contributed by atoms with Crippen molar-refractivity contribution >= 4 is 5.91 Å². The molecule has 2 atom stereocenters. The highest BCUT2D eigenvalue weighted by Gasteiger charge is 2.58. The zero-order valence-electron chi connectivity index (χ0n) is 14.3. The molecule has 2 aliphatic heterocycles.